The molecule has 8 heteroatoms. The van der Waals surface area contributed by atoms with Crippen LogP contribution in [0.1, 0.15) is 30.8 Å². The molecule has 2 aliphatic rings. The first-order chi connectivity index (χ1) is 15.6. The van der Waals surface area contributed by atoms with Gasteiger partial charge in [0.05, 0.1) is 12.7 Å². The molecule has 4 heterocycles. The molecule has 4 rings (SSSR count). The van der Waals surface area contributed by atoms with Crippen molar-refractivity contribution >= 4 is 17.4 Å². The van der Waals surface area contributed by atoms with E-state index in [0.717, 1.165) is 64.7 Å². The standard InChI is InChI=1S/C24H34N6O2/c1-19(2)30-15-16-32-21(18-30)17-28-11-4-12-29(14-13-28)23-6-3-5-22(27-23)24(31)26-20-7-9-25-10-8-20/h3,5-10,19,21H,4,11-18H2,1-2H3,(H,25,26,31)/t21-/m1/s1. The molecule has 0 spiro atoms. The van der Waals surface area contributed by atoms with Gasteiger partial charge in [0.1, 0.15) is 11.5 Å². The van der Waals surface area contributed by atoms with E-state index < -0.39 is 0 Å². The van der Waals surface area contributed by atoms with Crippen LogP contribution in [-0.4, -0.2) is 90.2 Å². The molecule has 1 N–H and O–H groups in total. The summed E-state index contributed by atoms with van der Waals surface area (Å²) in [6, 6.07) is 9.75. The lowest BCUT2D eigenvalue weighted by Crippen LogP contribution is -2.50. The second-order valence-corrected chi connectivity index (χ2v) is 8.79. The monoisotopic (exact) mass is 438 g/mol. The number of ether oxygens (including phenoxy) is 1. The third-order valence-electron chi connectivity index (χ3n) is 6.18. The van der Waals surface area contributed by atoms with Gasteiger partial charge in [0, 0.05) is 63.4 Å². The lowest BCUT2D eigenvalue weighted by atomic mass is 10.2. The molecule has 2 saturated heterocycles. The van der Waals surface area contributed by atoms with Crippen LogP contribution in [0.2, 0.25) is 0 Å². The molecule has 1 amide bonds. The molecular weight excluding hydrogens is 404 g/mol. The van der Waals surface area contributed by atoms with Gasteiger partial charge in [0.15, 0.2) is 0 Å². The maximum absolute atomic E-state index is 12.6. The number of anilines is 2. The van der Waals surface area contributed by atoms with E-state index in [2.05, 4.69) is 43.8 Å². The van der Waals surface area contributed by atoms with Gasteiger partial charge in [-0.2, -0.15) is 0 Å². The van der Waals surface area contributed by atoms with Gasteiger partial charge < -0.3 is 15.0 Å². The number of hydrogen-bond donors (Lipinski definition) is 1. The molecular formula is C24H34N6O2. The van der Waals surface area contributed by atoms with Crippen LogP contribution in [0.25, 0.3) is 0 Å². The fraction of sp³-hybridized carbons (Fsp3) is 0.542. The maximum Gasteiger partial charge on any atom is 0.274 e. The third-order valence-corrected chi connectivity index (χ3v) is 6.18. The molecule has 8 nitrogen and oxygen atoms in total. The van der Waals surface area contributed by atoms with Crippen molar-refractivity contribution in [2.45, 2.75) is 32.4 Å². The predicted octanol–water partition coefficient (Wildman–Crippen LogP) is 2.35. The number of carbonyl (C=O) groups is 1. The zero-order valence-corrected chi connectivity index (χ0v) is 19.1. The summed E-state index contributed by atoms with van der Waals surface area (Å²) in [5.74, 6) is 0.646. The van der Waals surface area contributed by atoms with Crippen LogP contribution in [0, 0.1) is 0 Å². The zero-order chi connectivity index (χ0) is 22.3. The molecule has 32 heavy (non-hydrogen) atoms. The van der Waals surface area contributed by atoms with E-state index in [1.807, 2.05) is 12.1 Å². The van der Waals surface area contributed by atoms with Crippen molar-refractivity contribution in [3.8, 4) is 0 Å². The Morgan fingerprint density at radius 3 is 2.78 bits per heavy atom. The summed E-state index contributed by atoms with van der Waals surface area (Å²) in [7, 11) is 0. The van der Waals surface area contributed by atoms with E-state index in [1.165, 1.54) is 0 Å². The molecule has 172 valence electrons. The summed E-state index contributed by atoms with van der Waals surface area (Å²) in [5, 5.41) is 2.88. The Labute approximate surface area is 190 Å². The summed E-state index contributed by atoms with van der Waals surface area (Å²) in [5.41, 5.74) is 1.13. The Bertz CT molecular complexity index is 878. The number of nitrogens with zero attached hydrogens (tertiary/aromatic N) is 5. The molecule has 0 bridgehead atoms. The molecule has 0 aliphatic carbocycles. The van der Waals surface area contributed by atoms with Gasteiger partial charge in [-0.05, 0) is 51.1 Å². The minimum Gasteiger partial charge on any atom is -0.374 e. The van der Waals surface area contributed by atoms with E-state index in [9.17, 15) is 4.79 Å². The zero-order valence-electron chi connectivity index (χ0n) is 19.1. The van der Waals surface area contributed by atoms with Crippen molar-refractivity contribution in [2.75, 3.05) is 62.6 Å². The smallest absolute Gasteiger partial charge is 0.274 e. The SMILES string of the molecule is CC(C)N1CCO[C@H](CN2CCCN(c3cccc(C(=O)Nc4ccncc4)n3)CC2)C1. The minimum atomic E-state index is -0.210. The van der Waals surface area contributed by atoms with E-state index in [1.54, 1.807) is 30.6 Å². The minimum absolute atomic E-state index is 0.210. The Hall–Kier alpha value is -2.55. The molecule has 2 aromatic rings. The Kier molecular flexibility index (Phi) is 7.68. The fourth-order valence-corrected chi connectivity index (χ4v) is 4.35. The number of nitrogens with one attached hydrogen (secondary N) is 1. The van der Waals surface area contributed by atoms with Crippen LogP contribution >= 0.6 is 0 Å². The van der Waals surface area contributed by atoms with E-state index >= 15 is 0 Å². The summed E-state index contributed by atoms with van der Waals surface area (Å²) < 4.78 is 6.05. The van der Waals surface area contributed by atoms with Crippen molar-refractivity contribution in [1.82, 2.24) is 19.8 Å². The Morgan fingerprint density at radius 1 is 1.12 bits per heavy atom. The average Bonchev–Trinajstić information content (AvgIpc) is 3.05. The normalized spacial score (nSPS) is 20.8. The molecule has 0 unspecified atom stereocenters. The van der Waals surface area contributed by atoms with Crippen LogP contribution in [0.3, 0.4) is 0 Å². The highest BCUT2D eigenvalue weighted by Gasteiger charge is 2.25. The van der Waals surface area contributed by atoms with Crippen molar-refractivity contribution in [3.63, 3.8) is 0 Å². The number of morpholine rings is 1. The lowest BCUT2D eigenvalue weighted by molar-refractivity contribution is -0.0514. The topological polar surface area (TPSA) is 73.8 Å². The first kappa shape index (κ1) is 22.6. The highest BCUT2D eigenvalue weighted by Crippen LogP contribution is 2.17. The number of rotatable bonds is 6. The Morgan fingerprint density at radius 2 is 1.97 bits per heavy atom. The van der Waals surface area contributed by atoms with E-state index in [0.29, 0.717) is 17.4 Å². The first-order valence-electron chi connectivity index (χ1n) is 11.6. The number of hydrogen-bond acceptors (Lipinski definition) is 7. The van der Waals surface area contributed by atoms with Gasteiger partial charge in [-0.1, -0.05) is 6.07 Å². The quantitative estimate of drug-likeness (QED) is 0.742. The molecule has 2 fully saturated rings. The fourth-order valence-electron chi connectivity index (χ4n) is 4.35. The van der Waals surface area contributed by atoms with Crippen molar-refractivity contribution in [3.05, 3.63) is 48.4 Å². The summed E-state index contributed by atoms with van der Waals surface area (Å²) in [6.07, 6.45) is 4.65. The largest absolute Gasteiger partial charge is 0.374 e. The summed E-state index contributed by atoms with van der Waals surface area (Å²) in [4.78, 5) is 28.6. The van der Waals surface area contributed by atoms with Crippen LogP contribution < -0.4 is 10.2 Å². The summed E-state index contributed by atoms with van der Waals surface area (Å²) in [6.45, 7) is 12.2. The highest BCUT2D eigenvalue weighted by atomic mass is 16.5. The van der Waals surface area contributed by atoms with Gasteiger partial charge in [-0.25, -0.2) is 4.98 Å². The second-order valence-electron chi connectivity index (χ2n) is 8.79. The second kappa shape index (κ2) is 10.8. The van der Waals surface area contributed by atoms with Crippen molar-refractivity contribution < 1.29 is 9.53 Å². The van der Waals surface area contributed by atoms with E-state index in [-0.39, 0.29) is 12.0 Å². The third kappa shape index (κ3) is 6.03. The Balaban J connectivity index is 1.33. The average molecular weight is 439 g/mol. The molecule has 0 saturated carbocycles. The highest BCUT2D eigenvalue weighted by molar-refractivity contribution is 6.03. The maximum atomic E-state index is 12.6. The number of pyridine rings is 2. The van der Waals surface area contributed by atoms with Gasteiger partial charge in [0.2, 0.25) is 0 Å². The van der Waals surface area contributed by atoms with Crippen molar-refractivity contribution in [1.29, 1.82) is 0 Å². The van der Waals surface area contributed by atoms with Crippen LogP contribution in [0.15, 0.2) is 42.7 Å². The first-order valence-corrected chi connectivity index (χ1v) is 11.6. The molecule has 2 aliphatic heterocycles. The summed E-state index contributed by atoms with van der Waals surface area (Å²) >= 11 is 0. The van der Waals surface area contributed by atoms with Gasteiger partial charge in [-0.15, -0.1) is 0 Å². The van der Waals surface area contributed by atoms with Crippen LogP contribution in [-0.2, 0) is 4.74 Å². The van der Waals surface area contributed by atoms with Crippen LogP contribution in [0.5, 0.6) is 0 Å². The van der Waals surface area contributed by atoms with Crippen molar-refractivity contribution in [2.24, 2.45) is 0 Å². The van der Waals surface area contributed by atoms with E-state index in [4.69, 9.17) is 4.74 Å². The molecule has 0 aromatic carbocycles. The number of amides is 1. The number of carbonyl (C=O) groups excluding carboxylic acids is 1. The van der Waals surface area contributed by atoms with Gasteiger partial charge >= 0.3 is 0 Å². The predicted molar refractivity (Wildman–Crippen MR) is 126 cm³/mol. The van der Waals surface area contributed by atoms with Gasteiger partial charge in [-0.3, -0.25) is 19.6 Å². The van der Waals surface area contributed by atoms with Gasteiger partial charge in [0.25, 0.3) is 5.91 Å². The molecule has 2 aromatic heterocycles. The van der Waals surface area contributed by atoms with Crippen LogP contribution in [0.4, 0.5) is 11.5 Å². The number of aromatic nitrogens is 2. The molecule has 0 radical (unpaired) electrons. The lowest BCUT2D eigenvalue weighted by Gasteiger charge is -2.37. The molecule has 1 atom stereocenters.